The number of nitrogens with zero attached hydrogens (tertiary/aromatic N) is 1. The van der Waals surface area contributed by atoms with Crippen molar-refractivity contribution < 1.29 is 13.2 Å². The normalized spacial score (nSPS) is 11.2. The van der Waals surface area contributed by atoms with Crippen molar-refractivity contribution in [1.29, 1.82) is 5.41 Å². The summed E-state index contributed by atoms with van der Waals surface area (Å²) in [6, 6.07) is 11.8. The smallest absolute Gasteiger partial charge is 0.369 e. The number of nitrogens with two attached hydrogens (primary N) is 1. The zero-order valence-corrected chi connectivity index (χ0v) is 11.3. The molecule has 2 rings (SSSR count). The highest BCUT2D eigenvalue weighted by molar-refractivity contribution is 5.99. The van der Waals surface area contributed by atoms with Gasteiger partial charge in [-0.3, -0.25) is 10.3 Å². The van der Waals surface area contributed by atoms with Crippen molar-refractivity contribution in [1.82, 2.24) is 0 Å². The molecule has 0 heterocycles. The first kappa shape index (κ1) is 14.9. The van der Waals surface area contributed by atoms with Gasteiger partial charge in [0, 0.05) is 11.4 Å². The molecule has 0 aliphatic rings. The summed E-state index contributed by atoms with van der Waals surface area (Å²) in [5.74, 6) is -0.347. The number of hydrogen-bond acceptors (Lipinski definition) is 1. The molecule has 3 N–H and O–H groups in total. The Hall–Kier alpha value is -2.50. The van der Waals surface area contributed by atoms with Crippen molar-refractivity contribution in [2.24, 2.45) is 5.73 Å². The number of guanidine groups is 1. The lowest BCUT2D eigenvalue weighted by Crippen LogP contribution is -2.32. The van der Waals surface area contributed by atoms with Crippen LogP contribution >= 0.6 is 0 Å². The first-order valence-electron chi connectivity index (χ1n) is 6.17. The number of halogens is 3. The van der Waals surface area contributed by atoms with E-state index in [1.807, 2.05) is 13.0 Å². The minimum absolute atomic E-state index is 0.197. The van der Waals surface area contributed by atoms with Gasteiger partial charge in [-0.15, -0.1) is 0 Å². The molecule has 0 spiro atoms. The maximum absolute atomic E-state index is 12.8. The molecule has 3 nitrogen and oxygen atoms in total. The van der Waals surface area contributed by atoms with Gasteiger partial charge in [0.2, 0.25) is 0 Å². The zero-order valence-electron chi connectivity index (χ0n) is 11.3. The monoisotopic (exact) mass is 293 g/mol. The van der Waals surface area contributed by atoms with E-state index < -0.39 is 11.7 Å². The van der Waals surface area contributed by atoms with Crippen molar-refractivity contribution in [3.05, 3.63) is 59.7 Å². The number of benzene rings is 2. The molecule has 0 bridgehead atoms. The van der Waals surface area contributed by atoms with Crippen LogP contribution in [0.25, 0.3) is 0 Å². The van der Waals surface area contributed by atoms with E-state index in [0.29, 0.717) is 5.69 Å². The van der Waals surface area contributed by atoms with Crippen molar-refractivity contribution in [2.45, 2.75) is 13.1 Å². The molecule has 2 aromatic rings. The van der Waals surface area contributed by atoms with Crippen molar-refractivity contribution in [3.8, 4) is 0 Å². The summed E-state index contributed by atoms with van der Waals surface area (Å²) < 4.78 is 38.4. The van der Waals surface area contributed by atoms with Crippen LogP contribution in [0, 0.1) is 12.3 Å². The summed E-state index contributed by atoms with van der Waals surface area (Å²) in [7, 11) is 0. The molecule has 0 aromatic heterocycles. The largest absolute Gasteiger partial charge is 0.416 e. The summed E-state index contributed by atoms with van der Waals surface area (Å²) in [5, 5.41) is 7.65. The third kappa shape index (κ3) is 3.34. The minimum atomic E-state index is -4.44. The molecule has 0 aliphatic carbocycles. The number of aryl methyl sites for hydroxylation is 1. The molecule has 0 amide bonds. The molecule has 21 heavy (non-hydrogen) atoms. The van der Waals surface area contributed by atoms with Crippen LogP contribution in [0.15, 0.2) is 48.5 Å². The van der Waals surface area contributed by atoms with E-state index in [2.05, 4.69) is 0 Å². The van der Waals surface area contributed by atoms with Gasteiger partial charge in [0.15, 0.2) is 5.96 Å². The second kappa shape index (κ2) is 5.47. The van der Waals surface area contributed by atoms with Crippen molar-refractivity contribution in [3.63, 3.8) is 0 Å². The molecular weight excluding hydrogens is 279 g/mol. The number of nitrogens with one attached hydrogen (secondary N) is 1. The number of anilines is 2. The average molecular weight is 293 g/mol. The Morgan fingerprint density at radius 2 is 1.62 bits per heavy atom. The fraction of sp³-hybridized carbons (Fsp3) is 0.133. The van der Waals surface area contributed by atoms with Crippen LogP contribution in [0.5, 0.6) is 0 Å². The molecule has 0 atom stereocenters. The van der Waals surface area contributed by atoms with E-state index in [4.69, 9.17) is 11.1 Å². The van der Waals surface area contributed by atoms with Crippen LogP contribution < -0.4 is 10.6 Å². The van der Waals surface area contributed by atoms with E-state index >= 15 is 0 Å². The molecule has 0 fully saturated rings. The fourth-order valence-corrected chi connectivity index (χ4v) is 2.02. The highest BCUT2D eigenvalue weighted by atomic mass is 19.4. The van der Waals surface area contributed by atoms with Crippen LogP contribution in [0.3, 0.4) is 0 Å². The SMILES string of the molecule is Cc1cccc(N(C(=N)N)c2cccc(C(F)(F)F)c2)c1. The standard InChI is InChI=1S/C15H14F3N3/c1-10-4-2-6-12(8-10)21(14(19)20)13-7-3-5-11(9-13)15(16,17)18/h2-9H,1H3,(H3,19,20). The molecule has 0 saturated carbocycles. The summed E-state index contributed by atoms with van der Waals surface area (Å²) in [4.78, 5) is 1.27. The first-order chi connectivity index (χ1) is 9.79. The van der Waals surface area contributed by atoms with Crippen LogP contribution in [0.1, 0.15) is 11.1 Å². The highest BCUT2D eigenvalue weighted by Crippen LogP contribution is 2.33. The van der Waals surface area contributed by atoms with Gasteiger partial charge in [-0.2, -0.15) is 13.2 Å². The molecular formula is C15H14F3N3. The van der Waals surface area contributed by atoms with Crippen LogP contribution in [-0.2, 0) is 6.18 Å². The average Bonchev–Trinajstić information content (AvgIpc) is 2.38. The number of hydrogen-bond donors (Lipinski definition) is 2. The van der Waals surface area contributed by atoms with E-state index in [1.165, 1.54) is 17.0 Å². The van der Waals surface area contributed by atoms with Crippen molar-refractivity contribution >= 4 is 17.3 Å². The minimum Gasteiger partial charge on any atom is -0.369 e. The fourth-order valence-electron chi connectivity index (χ4n) is 2.02. The molecule has 6 heteroatoms. The van der Waals surface area contributed by atoms with Gasteiger partial charge < -0.3 is 5.73 Å². The summed E-state index contributed by atoms with van der Waals surface area (Å²) in [6.07, 6.45) is -4.44. The van der Waals surface area contributed by atoms with Crippen LogP contribution in [-0.4, -0.2) is 5.96 Å². The Morgan fingerprint density at radius 3 is 2.14 bits per heavy atom. The molecule has 0 unspecified atom stereocenters. The third-order valence-corrected chi connectivity index (χ3v) is 2.93. The number of alkyl halides is 3. The predicted molar refractivity (Wildman–Crippen MR) is 76.7 cm³/mol. The van der Waals surface area contributed by atoms with Gasteiger partial charge in [0.1, 0.15) is 0 Å². The van der Waals surface area contributed by atoms with Crippen molar-refractivity contribution in [2.75, 3.05) is 4.90 Å². The van der Waals surface area contributed by atoms with Gasteiger partial charge in [-0.25, -0.2) is 0 Å². The first-order valence-corrected chi connectivity index (χ1v) is 6.17. The summed E-state index contributed by atoms with van der Waals surface area (Å²) >= 11 is 0. The summed E-state index contributed by atoms with van der Waals surface area (Å²) in [6.45, 7) is 1.86. The molecule has 2 aromatic carbocycles. The Labute approximate surface area is 120 Å². The number of rotatable bonds is 2. The van der Waals surface area contributed by atoms with Gasteiger partial charge in [0.25, 0.3) is 0 Å². The Kier molecular flexibility index (Phi) is 3.88. The maximum Gasteiger partial charge on any atom is 0.416 e. The van der Waals surface area contributed by atoms with E-state index in [1.54, 1.807) is 18.2 Å². The molecule has 0 saturated heterocycles. The Morgan fingerprint density at radius 1 is 1.05 bits per heavy atom. The third-order valence-electron chi connectivity index (χ3n) is 2.93. The lowest BCUT2D eigenvalue weighted by Gasteiger charge is -2.24. The quantitative estimate of drug-likeness (QED) is 0.648. The molecule has 0 radical (unpaired) electrons. The molecule has 0 aliphatic heterocycles. The zero-order chi connectivity index (χ0) is 15.6. The van der Waals surface area contributed by atoms with Crippen LogP contribution in [0.4, 0.5) is 24.5 Å². The van der Waals surface area contributed by atoms with Gasteiger partial charge in [-0.1, -0.05) is 18.2 Å². The topological polar surface area (TPSA) is 53.1 Å². The van der Waals surface area contributed by atoms with Gasteiger partial charge in [-0.05, 0) is 42.8 Å². The van der Waals surface area contributed by atoms with E-state index in [0.717, 1.165) is 17.7 Å². The Bertz CT molecular complexity index is 665. The lowest BCUT2D eigenvalue weighted by atomic mass is 10.1. The van der Waals surface area contributed by atoms with E-state index in [9.17, 15) is 13.2 Å². The highest BCUT2D eigenvalue weighted by Gasteiger charge is 2.31. The van der Waals surface area contributed by atoms with Gasteiger partial charge in [0.05, 0.1) is 5.56 Å². The molecule has 110 valence electrons. The lowest BCUT2D eigenvalue weighted by molar-refractivity contribution is -0.137. The maximum atomic E-state index is 12.8. The summed E-state index contributed by atoms with van der Waals surface area (Å²) in [5.41, 5.74) is 6.42. The second-order valence-electron chi connectivity index (χ2n) is 4.61. The van der Waals surface area contributed by atoms with Crippen LogP contribution in [0.2, 0.25) is 0 Å². The van der Waals surface area contributed by atoms with E-state index in [-0.39, 0.29) is 11.6 Å². The predicted octanol–water partition coefficient (Wildman–Crippen LogP) is 4.05. The van der Waals surface area contributed by atoms with Gasteiger partial charge >= 0.3 is 6.18 Å². The Balaban J connectivity index is 2.52. The second-order valence-corrected chi connectivity index (χ2v) is 4.61.